The fourth-order valence-corrected chi connectivity index (χ4v) is 3.93. The molecule has 1 aliphatic carbocycles. The van der Waals surface area contributed by atoms with Gasteiger partial charge in [0.2, 0.25) is 0 Å². The standard InChI is InChI=1S/C16H28BrN3/c1-11(2)9-20-16(18-10-19-20)8-14-7-13(12(3)4)5-6-15(14)17/h10-15H,5-9H2,1-4H3. The Bertz CT molecular complexity index is 414. The Kier molecular flexibility index (Phi) is 5.65. The lowest BCUT2D eigenvalue weighted by Gasteiger charge is -2.35. The molecule has 1 aliphatic rings. The minimum Gasteiger partial charge on any atom is -0.250 e. The van der Waals surface area contributed by atoms with Crippen LogP contribution in [0.4, 0.5) is 0 Å². The van der Waals surface area contributed by atoms with Gasteiger partial charge >= 0.3 is 0 Å². The first-order chi connectivity index (χ1) is 9.47. The number of nitrogens with zero attached hydrogens (tertiary/aromatic N) is 3. The fraction of sp³-hybridized carbons (Fsp3) is 0.875. The van der Waals surface area contributed by atoms with Gasteiger partial charge in [-0.1, -0.05) is 43.6 Å². The zero-order valence-electron chi connectivity index (χ0n) is 13.2. The van der Waals surface area contributed by atoms with E-state index in [4.69, 9.17) is 0 Å². The second-order valence-electron chi connectivity index (χ2n) is 7.05. The van der Waals surface area contributed by atoms with Crippen LogP contribution in [-0.2, 0) is 13.0 Å². The maximum Gasteiger partial charge on any atom is 0.138 e. The number of hydrogen-bond acceptors (Lipinski definition) is 2. The van der Waals surface area contributed by atoms with E-state index in [1.165, 1.54) is 19.3 Å². The van der Waals surface area contributed by atoms with Gasteiger partial charge in [-0.3, -0.25) is 0 Å². The molecule has 3 unspecified atom stereocenters. The third-order valence-electron chi connectivity index (χ3n) is 4.55. The van der Waals surface area contributed by atoms with Crippen molar-refractivity contribution in [3.8, 4) is 0 Å². The largest absolute Gasteiger partial charge is 0.250 e. The van der Waals surface area contributed by atoms with E-state index in [1.54, 1.807) is 6.33 Å². The normalized spacial score (nSPS) is 27.4. The molecule has 0 saturated heterocycles. The summed E-state index contributed by atoms with van der Waals surface area (Å²) in [5.41, 5.74) is 0. The van der Waals surface area contributed by atoms with E-state index < -0.39 is 0 Å². The Morgan fingerprint density at radius 2 is 2.05 bits per heavy atom. The zero-order valence-corrected chi connectivity index (χ0v) is 14.8. The Hall–Kier alpha value is -0.380. The molecule has 0 aliphatic heterocycles. The van der Waals surface area contributed by atoms with Crippen LogP contribution in [0.3, 0.4) is 0 Å². The molecule has 1 aromatic heterocycles. The highest BCUT2D eigenvalue weighted by molar-refractivity contribution is 9.09. The van der Waals surface area contributed by atoms with E-state index in [1.807, 2.05) is 0 Å². The molecule has 4 heteroatoms. The molecule has 0 amide bonds. The fourth-order valence-electron chi connectivity index (χ4n) is 3.26. The van der Waals surface area contributed by atoms with E-state index in [9.17, 15) is 0 Å². The van der Waals surface area contributed by atoms with Crippen LogP contribution >= 0.6 is 15.9 Å². The first-order valence-electron chi connectivity index (χ1n) is 7.98. The van der Waals surface area contributed by atoms with Gasteiger partial charge in [0.1, 0.15) is 12.2 Å². The molecule has 2 rings (SSSR count). The van der Waals surface area contributed by atoms with Crippen LogP contribution in [0.1, 0.15) is 52.8 Å². The second-order valence-corrected chi connectivity index (χ2v) is 8.23. The highest BCUT2D eigenvalue weighted by atomic mass is 79.9. The molecule has 0 spiro atoms. The summed E-state index contributed by atoms with van der Waals surface area (Å²) in [6.45, 7) is 10.2. The lowest BCUT2D eigenvalue weighted by molar-refractivity contribution is 0.219. The van der Waals surface area contributed by atoms with Crippen molar-refractivity contribution in [2.24, 2.45) is 23.7 Å². The Morgan fingerprint density at radius 3 is 2.70 bits per heavy atom. The summed E-state index contributed by atoms with van der Waals surface area (Å²) < 4.78 is 2.10. The Labute approximate surface area is 131 Å². The van der Waals surface area contributed by atoms with E-state index >= 15 is 0 Å². The minimum absolute atomic E-state index is 0.616. The minimum atomic E-state index is 0.616. The lowest BCUT2D eigenvalue weighted by Crippen LogP contribution is -2.30. The van der Waals surface area contributed by atoms with E-state index in [0.29, 0.717) is 16.7 Å². The van der Waals surface area contributed by atoms with Crippen molar-refractivity contribution in [2.45, 2.75) is 64.8 Å². The van der Waals surface area contributed by atoms with Gasteiger partial charge in [0.05, 0.1) is 0 Å². The summed E-state index contributed by atoms with van der Waals surface area (Å²) in [5, 5.41) is 4.39. The second kappa shape index (κ2) is 7.06. The van der Waals surface area contributed by atoms with Crippen molar-refractivity contribution in [2.75, 3.05) is 0 Å². The maximum atomic E-state index is 4.50. The molecule has 1 fully saturated rings. The molecule has 0 bridgehead atoms. The van der Waals surface area contributed by atoms with Crippen LogP contribution in [0.5, 0.6) is 0 Å². The number of alkyl halides is 1. The molecule has 1 heterocycles. The molecule has 0 aromatic carbocycles. The molecule has 1 aromatic rings. The predicted molar refractivity (Wildman–Crippen MR) is 86.9 cm³/mol. The average Bonchev–Trinajstić information content (AvgIpc) is 2.78. The quantitative estimate of drug-likeness (QED) is 0.747. The number of rotatable bonds is 5. The molecular formula is C16H28BrN3. The van der Waals surface area contributed by atoms with Gasteiger partial charge < -0.3 is 0 Å². The van der Waals surface area contributed by atoms with E-state index in [-0.39, 0.29) is 0 Å². The van der Waals surface area contributed by atoms with Crippen LogP contribution < -0.4 is 0 Å². The monoisotopic (exact) mass is 341 g/mol. The highest BCUT2D eigenvalue weighted by Gasteiger charge is 2.31. The van der Waals surface area contributed by atoms with Crippen LogP contribution in [-0.4, -0.2) is 19.6 Å². The van der Waals surface area contributed by atoms with Crippen LogP contribution in [0, 0.1) is 23.7 Å². The molecule has 0 N–H and O–H groups in total. The van der Waals surface area contributed by atoms with Crippen molar-refractivity contribution in [3.05, 3.63) is 12.2 Å². The molecule has 0 radical (unpaired) electrons. The van der Waals surface area contributed by atoms with Crippen molar-refractivity contribution in [1.82, 2.24) is 14.8 Å². The van der Waals surface area contributed by atoms with Crippen LogP contribution in [0.15, 0.2) is 6.33 Å². The zero-order chi connectivity index (χ0) is 14.7. The lowest BCUT2D eigenvalue weighted by atomic mass is 9.75. The molecule has 1 saturated carbocycles. The summed E-state index contributed by atoms with van der Waals surface area (Å²) in [6.07, 6.45) is 6.76. The van der Waals surface area contributed by atoms with Gasteiger partial charge in [-0.15, -0.1) is 0 Å². The Morgan fingerprint density at radius 1 is 1.30 bits per heavy atom. The Balaban J connectivity index is 2.02. The molecule has 20 heavy (non-hydrogen) atoms. The maximum absolute atomic E-state index is 4.50. The SMILES string of the molecule is CC(C)Cn1ncnc1CC1CC(C(C)C)CCC1Br. The van der Waals surface area contributed by atoms with Gasteiger partial charge in [0.25, 0.3) is 0 Å². The summed E-state index contributed by atoms with van der Waals surface area (Å²) in [5.74, 6) is 4.15. The molecular weight excluding hydrogens is 314 g/mol. The molecule has 3 atom stereocenters. The summed E-state index contributed by atoms with van der Waals surface area (Å²) >= 11 is 3.90. The number of hydrogen-bond donors (Lipinski definition) is 0. The van der Waals surface area contributed by atoms with Crippen LogP contribution in [0.25, 0.3) is 0 Å². The molecule has 114 valence electrons. The average molecular weight is 342 g/mol. The van der Waals surface area contributed by atoms with Gasteiger partial charge in [0.15, 0.2) is 0 Å². The highest BCUT2D eigenvalue weighted by Crippen LogP contribution is 2.38. The third-order valence-corrected chi connectivity index (χ3v) is 5.76. The van der Waals surface area contributed by atoms with Crippen molar-refractivity contribution < 1.29 is 0 Å². The number of aromatic nitrogens is 3. The summed E-state index contributed by atoms with van der Waals surface area (Å²) in [4.78, 5) is 5.14. The van der Waals surface area contributed by atoms with Crippen molar-refractivity contribution in [3.63, 3.8) is 0 Å². The van der Waals surface area contributed by atoms with E-state index in [2.05, 4.69) is 58.4 Å². The van der Waals surface area contributed by atoms with E-state index in [0.717, 1.165) is 30.6 Å². The van der Waals surface area contributed by atoms with Crippen LogP contribution in [0.2, 0.25) is 0 Å². The number of halogens is 1. The van der Waals surface area contributed by atoms with Gasteiger partial charge in [-0.05, 0) is 42.9 Å². The predicted octanol–water partition coefficient (Wildman–Crippen LogP) is 4.31. The third kappa shape index (κ3) is 4.06. The topological polar surface area (TPSA) is 30.7 Å². The van der Waals surface area contributed by atoms with Gasteiger partial charge in [0, 0.05) is 17.8 Å². The van der Waals surface area contributed by atoms with Crippen molar-refractivity contribution in [1.29, 1.82) is 0 Å². The van der Waals surface area contributed by atoms with Gasteiger partial charge in [-0.2, -0.15) is 5.10 Å². The first-order valence-corrected chi connectivity index (χ1v) is 8.89. The molecule has 3 nitrogen and oxygen atoms in total. The smallest absolute Gasteiger partial charge is 0.138 e. The van der Waals surface area contributed by atoms with Crippen molar-refractivity contribution >= 4 is 15.9 Å². The summed E-state index contributed by atoms with van der Waals surface area (Å²) in [6, 6.07) is 0. The summed E-state index contributed by atoms with van der Waals surface area (Å²) in [7, 11) is 0. The first kappa shape index (κ1) is 16.0. The van der Waals surface area contributed by atoms with Gasteiger partial charge in [-0.25, -0.2) is 9.67 Å².